The Morgan fingerprint density at radius 1 is 0.975 bits per heavy atom. The van der Waals surface area contributed by atoms with E-state index in [-0.39, 0.29) is 12.4 Å². The first-order valence-electron chi connectivity index (χ1n) is 14.7. The SMILES string of the molecule is CCCCCCCCC1=C2c3cc4c(cc3CCN2c2cc[n+](CCN(C)C)c3c(OC)ccc1c23)OCO4.[Cl-]. The molecule has 0 saturated heterocycles. The van der Waals surface area contributed by atoms with Gasteiger partial charge in [0.1, 0.15) is 0 Å². The van der Waals surface area contributed by atoms with Gasteiger partial charge >= 0.3 is 0 Å². The van der Waals surface area contributed by atoms with Crippen LogP contribution < -0.4 is 36.1 Å². The van der Waals surface area contributed by atoms with Crippen LogP contribution in [0.5, 0.6) is 17.2 Å². The maximum Gasteiger partial charge on any atom is 0.257 e. The topological polar surface area (TPSA) is 38.0 Å². The fourth-order valence-electron chi connectivity index (χ4n) is 6.50. The van der Waals surface area contributed by atoms with E-state index in [1.807, 2.05) is 0 Å². The molecule has 6 rings (SSSR count). The summed E-state index contributed by atoms with van der Waals surface area (Å²) < 4.78 is 19.9. The second-order valence-corrected chi connectivity index (χ2v) is 11.3. The summed E-state index contributed by atoms with van der Waals surface area (Å²) in [4.78, 5) is 4.81. The largest absolute Gasteiger partial charge is 1.00 e. The molecule has 40 heavy (non-hydrogen) atoms. The lowest BCUT2D eigenvalue weighted by Gasteiger charge is -2.39. The third-order valence-corrected chi connectivity index (χ3v) is 8.51. The number of likely N-dealkylation sites (N-methyl/N-ethyl adjacent to an activating group) is 1. The first-order chi connectivity index (χ1) is 19.1. The van der Waals surface area contributed by atoms with E-state index >= 15 is 0 Å². The lowest BCUT2D eigenvalue weighted by Crippen LogP contribution is -3.00. The second-order valence-electron chi connectivity index (χ2n) is 11.3. The van der Waals surface area contributed by atoms with E-state index in [9.17, 15) is 0 Å². The molecular formula is C33H42ClN3O3. The van der Waals surface area contributed by atoms with Crippen LogP contribution in [0.2, 0.25) is 0 Å². The van der Waals surface area contributed by atoms with E-state index in [0.717, 1.165) is 49.7 Å². The number of aromatic nitrogens is 1. The Morgan fingerprint density at radius 3 is 2.52 bits per heavy atom. The van der Waals surface area contributed by atoms with Crippen molar-refractivity contribution < 1.29 is 31.2 Å². The number of allylic oxidation sites excluding steroid dienone is 1. The van der Waals surface area contributed by atoms with Gasteiger partial charge in [-0.3, -0.25) is 0 Å². The van der Waals surface area contributed by atoms with E-state index in [1.54, 1.807) is 7.11 Å². The lowest BCUT2D eigenvalue weighted by molar-refractivity contribution is -0.670. The number of ether oxygens (including phenoxy) is 3. The molecule has 0 saturated carbocycles. The van der Waals surface area contributed by atoms with Crippen LogP contribution in [0.4, 0.5) is 5.69 Å². The Kier molecular flexibility index (Phi) is 8.77. The average molecular weight is 564 g/mol. The zero-order valence-electron chi connectivity index (χ0n) is 24.4. The summed E-state index contributed by atoms with van der Waals surface area (Å²) in [6.45, 7) is 5.43. The molecule has 1 aromatic heterocycles. The zero-order chi connectivity index (χ0) is 26.9. The molecule has 7 heteroatoms. The number of methoxy groups -OCH3 is 1. The molecule has 0 amide bonds. The normalized spacial score (nSPS) is 14.9. The summed E-state index contributed by atoms with van der Waals surface area (Å²) >= 11 is 0. The molecule has 0 atom stereocenters. The number of hydrogen-bond donors (Lipinski definition) is 0. The quantitative estimate of drug-likeness (QED) is 0.264. The lowest BCUT2D eigenvalue weighted by atomic mass is 9.83. The molecule has 0 radical (unpaired) electrons. The van der Waals surface area contributed by atoms with Crippen molar-refractivity contribution in [3.63, 3.8) is 0 Å². The Hall–Kier alpha value is -2.96. The maximum absolute atomic E-state index is 5.97. The van der Waals surface area contributed by atoms with E-state index in [2.05, 4.69) is 71.9 Å². The van der Waals surface area contributed by atoms with Crippen LogP contribution in [0.25, 0.3) is 22.2 Å². The van der Waals surface area contributed by atoms with Crippen molar-refractivity contribution in [2.24, 2.45) is 0 Å². The molecule has 214 valence electrons. The van der Waals surface area contributed by atoms with Gasteiger partial charge in [-0.05, 0) is 74.3 Å². The van der Waals surface area contributed by atoms with Gasteiger partial charge < -0.3 is 36.4 Å². The Morgan fingerprint density at radius 2 is 1.75 bits per heavy atom. The van der Waals surface area contributed by atoms with Crippen LogP contribution in [-0.4, -0.2) is 46.0 Å². The molecule has 0 fully saturated rings. The molecule has 6 nitrogen and oxygen atoms in total. The van der Waals surface area contributed by atoms with Gasteiger partial charge in [0.05, 0.1) is 30.4 Å². The van der Waals surface area contributed by atoms with Crippen molar-refractivity contribution in [2.45, 2.75) is 64.8 Å². The molecule has 0 aliphatic carbocycles. The van der Waals surface area contributed by atoms with E-state index in [4.69, 9.17) is 14.2 Å². The van der Waals surface area contributed by atoms with Gasteiger partial charge in [0.25, 0.3) is 5.52 Å². The van der Waals surface area contributed by atoms with Gasteiger partial charge in [0.15, 0.2) is 30.0 Å². The first kappa shape index (κ1) is 28.6. The highest BCUT2D eigenvalue weighted by Crippen LogP contribution is 2.51. The summed E-state index contributed by atoms with van der Waals surface area (Å²) in [7, 11) is 6.06. The average Bonchev–Trinajstić information content (AvgIpc) is 3.41. The minimum Gasteiger partial charge on any atom is -1.00 e. The van der Waals surface area contributed by atoms with E-state index in [0.29, 0.717) is 6.79 Å². The minimum absolute atomic E-state index is 0. The van der Waals surface area contributed by atoms with Gasteiger partial charge in [-0.2, -0.15) is 4.57 Å². The third-order valence-electron chi connectivity index (χ3n) is 8.51. The summed E-state index contributed by atoms with van der Waals surface area (Å²) in [5, 5.41) is 1.32. The summed E-state index contributed by atoms with van der Waals surface area (Å²) in [5.41, 5.74) is 9.30. The van der Waals surface area contributed by atoms with Crippen molar-refractivity contribution in [2.75, 3.05) is 46.0 Å². The molecule has 0 N–H and O–H groups in total. The van der Waals surface area contributed by atoms with Gasteiger partial charge in [-0.25, -0.2) is 0 Å². The molecule has 3 aromatic rings. The predicted molar refractivity (Wildman–Crippen MR) is 158 cm³/mol. The van der Waals surface area contributed by atoms with E-state index < -0.39 is 0 Å². The van der Waals surface area contributed by atoms with Crippen molar-refractivity contribution in [3.8, 4) is 17.2 Å². The second kappa shape index (κ2) is 12.3. The predicted octanol–water partition coefficient (Wildman–Crippen LogP) is 3.43. The first-order valence-corrected chi connectivity index (χ1v) is 14.7. The molecule has 0 spiro atoms. The fourth-order valence-corrected chi connectivity index (χ4v) is 6.50. The Labute approximate surface area is 244 Å². The van der Waals surface area contributed by atoms with Gasteiger partial charge in [-0.15, -0.1) is 0 Å². The summed E-state index contributed by atoms with van der Waals surface area (Å²) in [5.74, 6) is 2.69. The van der Waals surface area contributed by atoms with Crippen LogP contribution in [-0.2, 0) is 13.0 Å². The number of rotatable bonds is 11. The van der Waals surface area contributed by atoms with Crippen LogP contribution >= 0.6 is 0 Å². The van der Waals surface area contributed by atoms with Gasteiger partial charge in [0.2, 0.25) is 6.79 Å². The fraction of sp³-hybridized carbons (Fsp3) is 0.485. The number of unbranched alkanes of at least 4 members (excludes halogenated alkanes) is 5. The maximum atomic E-state index is 5.97. The van der Waals surface area contributed by atoms with Crippen molar-refractivity contribution in [1.82, 2.24) is 4.90 Å². The van der Waals surface area contributed by atoms with E-state index in [1.165, 1.54) is 83.1 Å². The van der Waals surface area contributed by atoms with Crippen molar-refractivity contribution in [1.29, 1.82) is 0 Å². The minimum atomic E-state index is 0. The molecule has 3 aliphatic rings. The van der Waals surface area contributed by atoms with Crippen LogP contribution in [0.15, 0.2) is 36.5 Å². The number of benzene rings is 2. The molecule has 4 heterocycles. The number of hydrogen-bond acceptors (Lipinski definition) is 5. The van der Waals surface area contributed by atoms with Gasteiger partial charge in [-0.1, -0.05) is 39.0 Å². The van der Waals surface area contributed by atoms with Crippen molar-refractivity contribution >= 4 is 27.9 Å². The number of pyridine rings is 1. The molecule has 2 aromatic carbocycles. The number of nitrogens with zero attached hydrogens (tertiary/aromatic N) is 3. The highest BCUT2D eigenvalue weighted by Gasteiger charge is 2.36. The Balaban J connectivity index is 0.00000323. The summed E-state index contributed by atoms with van der Waals surface area (Å²) in [6.07, 6.45) is 12.0. The highest BCUT2D eigenvalue weighted by atomic mass is 35.5. The number of halogens is 1. The monoisotopic (exact) mass is 563 g/mol. The van der Waals surface area contributed by atoms with Crippen molar-refractivity contribution in [3.05, 3.63) is 53.2 Å². The summed E-state index contributed by atoms with van der Waals surface area (Å²) in [6, 6.07) is 11.2. The smallest absolute Gasteiger partial charge is 0.257 e. The Bertz CT molecular complexity index is 1420. The highest BCUT2D eigenvalue weighted by molar-refractivity contribution is 6.14. The standard InChI is InChI=1S/C33H42N3O3.ClH/c1-5-6-7-8-9-10-11-25-24-12-13-28(37-4)33-31(24)27(15-16-35(33)19-18-34(2)3)36-17-14-23-20-29-30(39-22-38-29)21-26(23)32(25)36;/h12-13,15-16,20-21H,5-11,14,17-19,22H2,1-4H3;1H/q+1;/p-1. The number of fused-ring (bicyclic) bond motifs is 5. The molecule has 0 bridgehead atoms. The van der Waals surface area contributed by atoms with Crippen LogP contribution in [0.1, 0.15) is 68.6 Å². The van der Waals surface area contributed by atoms with Crippen LogP contribution in [0.3, 0.4) is 0 Å². The third kappa shape index (κ3) is 5.12. The number of anilines is 1. The molecule has 3 aliphatic heterocycles. The zero-order valence-corrected chi connectivity index (χ0v) is 25.1. The van der Waals surface area contributed by atoms with Gasteiger partial charge in [0, 0.05) is 18.2 Å². The molecule has 0 unspecified atom stereocenters. The molecular weight excluding hydrogens is 522 g/mol. The van der Waals surface area contributed by atoms with Crippen LogP contribution in [0, 0.1) is 0 Å².